The Morgan fingerprint density at radius 1 is 1.23 bits per heavy atom. The molecule has 2 N–H and O–H groups in total. The van der Waals surface area contributed by atoms with Crippen molar-refractivity contribution in [3.8, 4) is 0 Å². The van der Waals surface area contributed by atoms with Crippen molar-refractivity contribution < 1.29 is 4.42 Å². The molecule has 5 nitrogen and oxygen atoms in total. The predicted octanol–water partition coefficient (Wildman–Crippen LogP) is 3.84. The van der Waals surface area contributed by atoms with Gasteiger partial charge < -0.3 is 15.1 Å². The van der Waals surface area contributed by atoms with E-state index in [0.717, 1.165) is 18.3 Å². The van der Waals surface area contributed by atoms with Gasteiger partial charge in [0.1, 0.15) is 5.76 Å². The Bertz CT molecular complexity index is 438. The van der Waals surface area contributed by atoms with E-state index in [0.29, 0.717) is 12.4 Å². The number of aliphatic imine (C=N–C) groups is 1. The molecule has 6 heteroatoms. The summed E-state index contributed by atoms with van der Waals surface area (Å²) in [6, 6.07) is 0. The molecular weight excluding hydrogens is 391 g/mol. The van der Waals surface area contributed by atoms with E-state index in [4.69, 9.17) is 4.42 Å². The van der Waals surface area contributed by atoms with Crippen molar-refractivity contribution in [3.63, 3.8) is 0 Å². The maximum Gasteiger partial charge on any atom is 0.213 e. The number of nitrogens with one attached hydrogen (secondary N) is 2. The number of aromatic nitrogens is 1. The first-order chi connectivity index (χ1) is 9.97. The van der Waals surface area contributed by atoms with Crippen LogP contribution in [0.1, 0.15) is 65.0 Å². The lowest BCUT2D eigenvalue weighted by Gasteiger charge is -2.13. The van der Waals surface area contributed by atoms with E-state index in [1.807, 2.05) is 0 Å². The molecule has 0 aliphatic rings. The van der Waals surface area contributed by atoms with E-state index >= 15 is 0 Å². The van der Waals surface area contributed by atoms with Gasteiger partial charge >= 0.3 is 0 Å². The van der Waals surface area contributed by atoms with Gasteiger partial charge in [-0.1, -0.05) is 47.0 Å². The average Bonchev–Trinajstić information content (AvgIpc) is 2.91. The smallest absolute Gasteiger partial charge is 0.213 e. The van der Waals surface area contributed by atoms with Gasteiger partial charge in [-0.3, -0.25) is 4.99 Å². The topological polar surface area (TPSA) is 62.5 Å². The molecule has 0 radical (unpaired) electrons. The number of unbranched alkanes of at least 4 members (excludes halogenated alkanes) is 3. The summed E-state index contributed by atoms with van der Waals surface area (Å²) in [5, 5.41) is 6.53. The summed E-state index contributed by atoms with van der Waals surface area (Å²) >= 11 is 0. The highest BCUT2D eigenvalue weighted by atomic mass is 127. The average molecular weight is 422 g/mol. The first-order valence-corrected chi connectivity index (χ1v) is 7.87. The zero-order valence-electron chi connectivity index (χ0n) is 14.5. The van der Waals surface area contributed by atoms with Crippen LogP contribution in [0.4, 0.5) is 0 Å². The van der Waals surface area contributed by atoms with E-state index in [1.165, 1.54) is 25.7 Å². The SMILES string of the molecule is CCCCCCNC(=NC)NCc1ncc(C(C)(C)C)o1.I. The molecular formula is C16H31IN4O. The minimum absolute atomic E-state index is 0. The Morgan fingerprint density at radius 3 is 2.50 bits per heavy atom. The van der Waals surface area contributed by atoms with Crippen molar-refractivity contribution in [1.29, 1.82) is 0 Å². The first kappa shape index (κ1) is 21.2. The second kappa shape index (κ2) is 10.9. The number of guanidine groups is 1. The van der Waals surface area contributed by atoms with Crippen molar-refractivity contribution in [1.82, 2.24) is 15.6 Å². The number of oxazole rings is 1. The molecule has 1 aromatic rings. The van der Waals surface area contributed by atoms with Crippen LogP contribution in [0.15, 0.2) is 15.6 Å². The van der Waals surface area contributed by atoms with Crippen molar-refractivity contribution in [2.75, 3.05) is 13.6 Å². The molecule has 0 spiro atoms. The maximum absolute atomic E-state index is 5.74. The molecule has 1 aromatic heterocycles. The molecule has 0 aliphatic heterocycles. The molecule has 1 rings (SSSR count). The lowest BCUT2D eigenvalue weighted by Crippen LogP contribution is -2.37. The molecule has 0 unspecified atom stereocenters. The highest BCUT2D eigenvalue weighted by Crippen LogP contribution is 2.22. The summed E-state index contributed by atoms with van der Waals surface area (Å²) in [6.45, 7) is 10.0. The Labute approximate surface area is 151 Å². The fourth-order valence-corrected chi connectivity index (χ4v) is 1.88. The molecule has 0 saturated carbocycles. The minimum atomic E-state index is -0.00947. The summed E-state index contributed by atoms with van der Waals surface area (Å²) in [4.78, 5) is 8.50. The van der Waals surface area contributed by atoms with Crippen molar-refractivity contribution in [2.45, 2.75) is 65.3 Å². The molecule has 0 bridgehead atoms. The maximum atomic E-state index is 5.74. The third-order valence-electron chi connectivity index (χ3n) is 3.25. The highest BCUT2D eigenvalue weighted by Gasteiger charge is 2.19. The Hall–Kier alpha value is -0.790. The van der Waals surface area contributed by atoms with Crippen LogP contribution < -0.4 is 10.6 Å². The highest BCUT2D eigenvalue weighted by molar-refractivity contribution is 14.0. The Balaban J connectivity index is 0.00000441. The Morgan fingerprint density at radius 2 is 1.95 bits per heavy atom. The summed E-state index contributed by atoms with van der Waals surface area (Å²) in [7, 11) is 1.78. The molecule has 128 valence electrons. The molecule has 1 heterocycles. The summed E-state index contributed by atoms with van der Waals surface area (Å²) < 4.78 is 5.74. The number of hydrogen-bond acceptors (Lipinski definition) is 3. The fourth-order valence-electron chi connectivity index (χ4n) is 1.88. The van der Waals surface area contributed by atoms with Gasteiger partial charge in [0.05, 0.1) is 12.7 Å². The van der Waals surface area contributed by atoms with Crippen LogP contribution in [0, 0.1) is 0 Å². The molecule has 0 amide bonds. The monoisotopic (exact) mass is 422 g/mol. The van der Waals surface area contributed by atoms with Crippen molar-refractivity contribution in [3.05, 3.63) is 17.8 Å². The van der Waals surface area contributed by atoms with Crippen molar-refractivity contribution in [2.24, 2.45) is 4.99 Å². The van der Waals surface area contributed by atoms with Crippen LogP contribution in [0.3, 0.4) is 0 Å². The lowest BCUT2D eigenvalue weighted by atomic mass is 9.94. The van der Waals surface area contributed by atoms with E-state index < -0.39 is 0 Å². The van der Waals surface area contributed by atoms with Gasteiger partial charge in [0.25, 0.3) is 0 Å². The predicted molar refractivity (Wildman–Crippen MR) is 103 cm³/mol. The van der Waals surface area contributed by atoms with Crippen molar-refractivity contribution >= 4 is 29.9 Å². The van der Waals surface area contributed by atoms with Gasteiger partial charge in [0.15, 0.2) is 5.96 Å². The summed E-state index contributed by atoms with van der Waals surface area (Å²) in [5.74, 6) is 2.39. The van der Waals surface area contributed by atoms with E-state index in [-0.39, 0.29) is 29.4 Å². The van der Waals surface area contributed by atoms with Crippen LogP contribution in [-0.2, 0) is 12.0 Å². The molecule has 0 aliphatic carbocycles. The first-order valence-electron chi connectivity index (χ1n) is 7.87. The molecule has 22 heavy (non-hydrogen) atoms. The molecule has 0 fully saturated rings. The largest absolute Gasteiger partial charge is 0.443 e. The standard InChI is InChI=1S/C16H30N4O.HI/c1-6-7-8-9-10-18-15(17-5)20-12-14-19-11-13(21-14)16(2,3)4;/h11H,6-10,12H2,1-5H3,(H2,17,18,20);1H. The lowest BCUT2D eigenvalue weighted by molar-refractivity contribution is 0.379. The van der Waals surface area contributed by atoms with E-state index in [9.17, 15) is 0 Å². The third-order valence-corrected chi connectivity index (χ3v) is 3.25. The number of halogens is 1. The van der Waals surface area contributed by atoms with Gasteiger partial charge in [-0.05, 0) is 6.42 Å². The second-order valence-electron chi connectivity index (χ2n) is 6.28. The van der Waals surface area contributed by atoms with Crippen LogP contribution in [-0.4, -0.2) is 24.5 Å². The molecule has 0 atom stereocenters. The van der Waals surface area contributed by atoms with Crippen LogP contribution in [0.2, 0.25) is 0 Å². The zero-order chi connectivity index (χ0) is 15.7. The molecule has 0 saturated heterocycles. The quantitative estimate of drug-likeness (QED) is 0.304. The Kier molecular flexibility index (Phi) is 10.5. The van der Waals surface area contributed by atoms with E-state index in [2.05, 4.69) is 48.3 Å². The number of hydrogen-bond donors (Lipinski definition) is 2. The zero-order valence-corrected chi connectivity index (χ0v) is 16.9. The summed E-state index contributed by atoms with van der Waals surface area (Å²) in [6.07, 6.45) is 6.78. The number of nitrogens with zero attached hydrogens (tertiary/aromatic N) is 2. The van der Waals surface area contributed by atoms with E-state index in [1.54, 1.807) is 13.2 Å². The van der Waals surface area contributed by atoms with Gasteiger partial charge in [0, 0.05) is 19.0 Å². The normalized spacial score (nSPS) is 12.0. The molecule has 0 aromatic carbocycles. The summed E-state index contributed by atoms with van der Waals surface area (Å²) in [5.41, 5.74) is -0.00947. The van der Waals surface area contributed by atoms with Gasteiger partial charge in [-0.15, -0.1) is 24.0 Å². The number of rotatable bonds is 7. The van der Waals surface area contributed by atoms with Crippen LogP contribution >= 0.6 is 24.0 Å². The fraction of sp³-hybridized carbons (Fsp3) is 0.750. The van der Waals surface area contributed by atoms with Gasteiger partial charge in [-0.2, -0.15) is 0 Å². The second-order valence-corrected chi connectivity index (χ2v) is 6.28. The third kappa shape index (κ3) is 8.00. The van der Waals surface area contributed by atoms with Gasteiger partial charge in [0.2, 0.25) is 5.89 Å². The van der Waals surface area contributed by atoms with Crippen LogP contribution in [0.25, 0.3) is 0 Å². The minimum Gasteiger partial charge on any atom is -0.443 e. The van der Waals surface area contributed by atoms with Crippen LogP contribution in [0.5, 0.6) is 0 Å². The van der Waals surface area contributed by atoms with Gasteiger partial charge in [-0.25, -0.2) is 4.98 Å².